The zero-order chi connectivity index (χ0) is 25.1. The van der Waals surface area contributed by atoms with Crippen molar-refractivity contribution < 1.29 is 8.42 Å². The highest BCUT2D eigenvalue weighted by molar-refractivity contribution is 7.89. The van der Waals surface area contributed by atoms with E-state index >= 15 is 0 Å². The topological polar surface area (TPSA) is 83.7 Å². The van der Waals surface area contributed by atoms with Crippen LogP contribution in [0.3, 0.4) is 0 Å². The Labute approximate surface area is 212 Å². The highest BCUT2D eigenvalue weighted by Crippen LogP contribution is 2.28. The molecule has 1 fully saturated rings. The molecule has 188 valence electrons. The summed E-state index contributed by atoms with van der Waals surface area (Å²) in [5.74, 6) is 1.49. The molecule has 8 nitrogen and oxygen atoms in total. The minimum Gasteiger partial charge on any atom is -0.354 e. The molecule has 0 spiro atoms. The van der Waals surface area contributed by atoms with Crippen LogP contribution in [-0.4, -0.2) is 58.5 Å². The van der Waals surface area contributed by atoms with Gasteiger partial charge in [-0.05, 0) is 43.0 Å². The van der Waals surface area contributed by atoms with Gasteiger partial charge in [-0.15, -0.1) is 0 Å². The van der Waals surface area contributed by atoms with Crippen molar-refractivity contribution in [3.8, 4) is 0 Å². The van der Waals surface area contributed by atoms with Crippen LogP contribution < -0.4 is 4.90 Å². The first-order valence-corrected chi connectivity index (χ1v) is 14.0. The van der Waals surface area contributed by atoms with Gasteiger partial charge in [0, 0.05) is 43.9 Å². The monoisotopic (exact) mass is 504 g/mol. The Balaban J connectivity index is 1.38. The Kier molecular flexibility index (Phi) is 7.02. The number of sulfonamides is 1. The molecular formula is C27H32N6O2S. The van der Waals surface area contributed by atoms with Gasteiger partial charge in [-0.2, -0.15) is 18.9 Å². The first kappa shape index (κ1) is 24.4. The average Bonchev–Trinajstić information content (AvgIpc) is 3.36. The number of hydrogen-bond donors (Lipinski definition) is 0. The van der Waals surface area contributed by atoms with Crippen LogP contribution >= 0.6 is 0 Å². The van der Waals surface area contributed by atoms with E-state index < -0.39 is 10.0 Å². The second-order valence-electron chi connectivity index (χ2n) is 9.27. The lowest BCUT2D eigenvalue weighted by Crippen LogP contribution is -2.49. The van der Waals surface area contributed by atoms with E-state index in [-0.39, 0.29) is 0 Å². The van der Waals surface area contributed by atoms with Gasteiger partial charge in [0.05, 0.1) is 4.90 Å². The summed E-state index contributed by atoms with van der Waals surface area (Å²) in [5, 5.41) is 4.45. The van der Waals surface area contributed by atoms with Crippen molar-refractivity contribution in [3.05, 3.63) is 83.3 Å². The molecule has 3 heterocycles. The van der Waals surface area contributed by atoms with E-state index in [0.717, 1.165) is 36.3 Å². The first-order chi connectivity index (χ1) is 17.5. The van der Waals surface area contributed by atoms with Crippen molar-refractivity contribution in [2.24, 2.45) is 0 Å². The van der Waals surface area contributed by atoms with Crippen LogP contribution in [-0.2, 0) is 22.9 Å². The highest BCUT2D eigenvalue weighted by atomic mass is 32.2. The van der Waals surface area contributed by atoms with Gasteiger partial charge in [0.15, 0.2) is 0 Å². The van der Waals surface area contributed by atoms with Crippen LogP contribution in [0.15, 0.2) is 65.8 Å². The number of aryl methyl sites for hydroxylation is 2. The summed E-state index contributed by atoms with van der Waals surface area (Å²) in [6.45, 7) is 6.10. The Morgan fingerprint density at radius 2 is 1.64 bits per heavy atom. The Morgan fingerprint density at radius 3 is 2.33 bits per heavy atom. The predicted molar refractivity (Wildman–Crippen MR) is 141 cm³/mol. The minimum atomic E-state index is -3.54. The number of anilines is 1. The summed E-state index contributed by atoms with van der Waals surface area (Å²) in [6.07, 6.45) is 5.43. The maximum Gasteiger partial charge on any atom is 0.254 e. The average molecular weight is 505 g/mol. The van der Waals surface area contributed by atoms with Crippen molar-refractivity contribution in [1.29, 1.82) is 0 Å². The van der Waals surface area contributed by atoms with Crippen molar-refractivity contribution >= 4 is 21.6 Å². The second kappa shape index (κ2) is 10.4. The van der Waals surface area contributed by atoms with Gasteiger partial charge >= 0.3 is 0 Å². The van der Waals surface area contributed by atoms with Crippen molar-refractivity contribution in [3.63, 3.8) is 0 Å². The Morgan fingerprint density at radius 1 is 0.917 bits per heavy atom. The van der Waals surface area contributed by atoms with Crippen LogP contribution in [0.4, 0.5) is 5.82 Å². The van der Waals surface area contributed by atoms with Crippen molar-refractivity contribution in [1.82, 2.24) is 23.9 Å². The molecule has 0 saturated carbocycles. The molecule has 0 atom stereocenters. The lowest BCUT2D eigenvalue weighted by Gasteiger charge is -2.36. The van der Waals surface area contributed by atoms with E-state index in [0.29, 0.717) is 43.3 Å². The fourth-order valence-corrected chi connectivity index (χ4v) is 6.22. The molecule has 4 aromatic rings. The fourth-order valence-electron chi connectivity index (χ4n) is 4.80. The maximum absolute atomic E-state index is 13.4. The largest absolute Gasteiger partial charge is 0.354 e. The number of fused-ring (bicyclic) bond motifs is 1. The molecule has 1 aliphatic rings. The standard InChI is InChI=1S/C27H32N6O2S/c1-3-4-8-22-11-13-24(14-12-22)36(34,35)32-17-15-31(16-18-32)26-25(19-23-9-6-5-7-10-23)21(2)30-27-28-20-29-33(26)27/h5-7,9-14,20H,3-4,8,15-19H2,1-2H3. The van der Waals surface area contributed by atoms with Gasteiger partial charge in [0.1, 0.15) is 12.1 Å². The maximum atomic E-state index is 13.4. The SMILES string of the molecule is CCCCc1ccc(S(=O)(=O)N2CCN(c3c(Cc4ccccc4)c(C)nc4ncnn34)CC2)cc1. The van der Waals surface area contributed by atoms with Crippen LogP contribution in [0.25, 0.3) is 5.78 Å². The smallest absolute Gasteiger partial charge is 0.254 e. The van der Waals surface area contributed by atoms with E-state index in [1.165, 1.54) is 17.5 Å². The number of rotatable bonds is 8. The number of hydrogen-bond acceptors (Lipinski definition) is 6. The minimum absolute atomic E-state index is 0.361. The Bertz CT molecular complexity index is 1430. The van der Waals surface area contributed by atoms with Gasteiger partial charge < -0.3 is 4.90 Å². The van der Waals surface area contributed by atoms with E-state index in [4.69, 9.17) is 0 Å². The molecule has 9 heteroatoms. The van der Waals surface area contributed by atoms with Crippen molar-refractivity contribution in [2.45, 2.75) is 44.4 Å². The number of nitrogens with zero attached hydrogens (tertiary/aromatic N) is 6. The normalized spacial score (nSPS) is 15.0. The number of aromatic nitrogens is 4. The molecule has 0 amide bonds. The van der Waals surface area contributed by atoms with Gasteiger partial charge in [-0.25, -0.2) is 13.4 Å². The van der Waals surface area contributed by atoms with Gasteiger partial charge in [-0.3, -0.25) is 0 Å². The summed E-state index contributed by atoms with van der Waals surface area (Å²) in [4.78, 5) is 11.6. The molecule has 1 aliphatic heterocycles. The summed E-state index contributed by atoms with van der Waals surface area (Å²) in [7, 11) is -3.54. The third-order valence-electron chi connectivity index (χ3n) is 6.85. The summed E-state index contributed by atoms with van der Waals surface area (Å²) < 4.78 is 30.1. The molecule has 0 bridgehead atoms. The number of piperazine rings is 1. The highest BCUT2D eigenvalue weighted by Gasteiger charge is 2.31. The number of benzene rings is 2. The van der Waals surface area contributed by atoms with E-state index in [9.17, 15) is 8.42 Å². The zero-order valence-electron chi connectivity index (χ0n) is 20.8. The first-order valence-electron chi connectivity index (χ1n) is 12.5. The molecule has 0 aliphatic carbocycles. The molecule has 1 saturated heterocycles. The molecule has 5 rings (SSSR count). The molecule has 2 aromatic carbocycles. The molecule has 0 N–H and O–H groups in total. The molecule has 36 heavy (non-hydrogen) atoms. The summed E-state index contributed by atoms with van der Waals surface area (Å²) in [5.41, 5.74) is 4.36. The fraction of sp³-hybridized carbons (Fsp3) is 0.370. The third-order valence-corrected chi connectivity index (χ3v) is 8.76. The van der Waals surface area contributed by atoms with Crippen LogP contribution in [0.1, 0.15) is 42.1 Å². The van der Waals surface area contributed by atoms with Crippen LogP contribution in [0, 0.1) is 6.92 Å². The summed E-state index contributed by atoms with van der Waals surface area (Å²) >= 11 is 0. The van der Waals surface area contributed by atoms with E-state index in [1.807, 2.05) is 37.3 Å². The van der Waals surface area contributed by atoms with Gasteiger partial charge in [-0.1, -0.05) is 55.8 Å². The molecule has 0 radical (unpaired) electrons. The molecular weight excluding hydrogens is 472 g/mol. The van der Waals surface area contributed by atoms with Crippen molar-refractivity contribution in [2.75, 3.05) is 31.1 Å². The van der Waals surface area contributed by atoms with E-state index in [2.05, 4.69) is 39.0 Å². The quantitative estimate of drug-likeness (QED) is 0.362. The third kappa shape index (κ3) is 4.85. The second-order valence-corrected chi connectivity index (χ2v) is 11.2. The lowest BCUT2D eigenvalue weighted by molar-refractivity contribution is 0.382. The predicted octanol–water partition coefficient (Wildman–Crippen LogP) is 3.88. The molecule has 0 unspecified atom stereocenters. The number of unbranched alkanes of at least 4 members (excludes halogenated alkanes) is 1. The lowest BCUT2D eigenvalue weighted by atomic mass is 10.0. The van der Waals surface area contributed by atoms with Gasteiger partial charge in [0.2, 0.25) is 10.0 Å². The van der Waals surface area contributed by atoms with Crippen LogP contribution in [0.5, 0.6) is 0 Å². The van der Waals surface area contributed by atoms with E-state index in [1.54, 1.807) is 21.0 Å². The zero-order valence-corrected chi connectivity index (χ0v) is 21.7. The Hall–Kier alpha value is -3.30. The molecule has 2 aromatic heterocycles. The van der Waals surface area contributed by atoms with Crippen LogP contribution in [0.2, 0.25) is 0 Å². The summed E-state index contributed by atoms with van der Waals surface area (Å²) in [6, 6.07) is 17.7. The van der Waals surface area contributed by atoms with Gasteiger partial charge in [0.25, 0.3) is 5.78 Å².